The number of ether oxygens (including phenoxy) is 1. The molecule has 0 radical (unpaired) electrons. The lowest BCUT2D eigenvalue weighted by Crippen LogP contribution is -2.29. The Morgan fingerprint density at radius 3 is 2.47 bits per heavy atom. The van der Waals surface area contributed by atoms with Crippen LogP contribution in [0.2, 0.25) is 0 Å². The average Bonchev–Trinajstić information content (AvgIpc) is 2.94. The quantitative estimate of drug-likeness (QED) is 0.895. The minimum Gasteiger partial charge on any atom is -0.492 e. The lowest BCUT2D eigenvalue weighted by Gasteiger charge is -2.14. The van der Waals surface area contributed by atoms with Gasteiger partial charge in [-0.2, -0.15) is 0 Å². The zero-order valence-electron chi connectivity index (χ0n) is 10.8. The summed E-state index contributed by atoms with van der Waals surface area (Å²) in [7, 11) is 0. The second kappa shape index (κ2) is 5.28. The van der Waals surface area contributed by atoms with Crippen LogP contribution in [0.15, 0.2) is 18.2 Å². The second-order valence-electron chi connectivity index (χ2n) is 5.32. The van der Waals surface area contributed by atoms with Crippen molar-refractivity contribution in [2.24, 2.45) is 5.73 Å². The summed E-state index contributed by atoms with van der Waals surface area (Å²) in [5.74, 6) is 1.51. The van der Waals surface area contributed by atoms with E-state index in [1.807, 2.05) is 6.07 Å². The van der Waals surface area contributed by atoms with E-state index in [2.05, 4.69) is 32.9 Å². The number of hydrogen-bond donors (Lipinski definition) is 1. The highest BCUT2D eigenvalue weighted by Gasteiger charge is 2.39. The van der Waals surface area contributed by atoms with Crippen LogP contribution in [0.4, 0.5) is 0 Å². The number of hydrogen-bond acceptors (Lipinski definition) is 2. The first-order valence-corrected chi connectivity index (χ1v) is 6.02. The lowest BCUT2D eigenvalue weighted by atomic mass is 9.98. The molecule has 1 fully saturated rings. The summed E-state index contributed by atoms with van der Waals surface area (Å²) in [6, 6.07) is 6.32. The van der Waals surface area contributed by atoms with Crippen LogP contribution in [0.25, 0.3) is 0 Å². The number of halogens is 1. The van der Waals surface area contributed by atoms with Gasteiger partial charge in [-0.15, -0.1) is 12.4 Å². The predicted octanol–water partition coefficient (Wildman–Crippen LogP) is 3.41. The molecule has 0 aromatic heterocycles. The van der Waals surface area contributed by atoms with Crippen molar-refractivity contribution < 1.29 is 4.74 Å². The smallest absolute Gasteiger partial charge is 0.119 e. The summed E-state index contributed by atoms with van der Waals surface area (Å²) >= 11 is 0. The third kappa shape index (κ3) is 3.62. The fourth-order valence-corrected chi connectivity index (χ4v) is 1.92. The maximum absolute atomic E-state index is 5.99. The third-order valence-corrected chi connectivity index (χ3v) is 3.28. The maximum atomic E-state index is 5.99. The summed E-state index contributed by atoms with van der Waals surface area (Å²) in [6.45, 7) is 7.20. The molecule has 3 heteroatoms. The van der Waals surface area contributed by atoms with E-state index in [4.69, 9.17) is 10.5 Å². The Bertz CT molecular complexity index is 386. The van der Waals surface area contributed by atoms with E-state index in [-0.39, 0.29) is 17.9 Å². The molecule has 1 aromatic carbocycles. The zero-order valence-corrected chi connectivity index (χ0v) is 11.6. The monoisotopic (exact) mass is 255 g/mol. The molecule has 1 aliphatic carbocycles. The van der Waals surface area contributed by atoms with Crippen molar-refractivity contribution in [3.8, 4) is 5.75 Å². The van der Waals surface area contributed by atoms with Gasteiger partial charge in [-0.25, -0.2) is 0 Å². The summed E-state index contributed by atoms with van der Waals surface area (Å²) in [6.07, 6.45) is 2.19. The van der Waals surface area contributed by atoms with Gasteiger partial charge in [-0.3, -0.25) is 0 Å². The normalized spacial score (nSPS) is 16.5. The average molecular weight is 256 g/mol. The molecule has 17 heavy (non-hydrogen) atoms. The molecule has 0 saturated heterocycles. The fourth-order valence-electron chi connectivity index (χ4n) is 1.92. The van der Waals surface area contributed by atoms with Crippen molar-refractivity contribution in [1.82, 2.24) is 0 Å². The topological polar surface area (TPSA) is 35.2 Å². The fraction of sp³-hybridized carbons (Fsp3) is 0.571. The maximum Gasteiger partial charge on any atom is 0.119 e. The van der Waals surface area contributed by atoms with Crippen LogP contribution in [0, 0.1) is 6.92 Å². The standard InChI is InChI=1S/C14H21NO.ClH/c1-10(2)13-5-4-12(8-11(13)3)16-9-14(15)6-7-14;/h4-5,8,10H,6-7,9,15H2,1-3H3;1H. The van der Waals surface area contributed by atoms with Gasteiger partial charge in [0.25, 0.3) is 0 Å². The van der Waals surface area contributed by atoms with Gasteiger partial charge < -0.3 is 10.5 Å². The van der Waals surface area contributed by atoms with Gasteiger partial charge in [-0.05, 0) is 48.9 Å². The van der Waals surface area contributed by atoms with Gasteiger partial charge in [0.15, 0.2) is 0 Å². The molecule has 1 saturated carbocycles. The van der Waals surface area contributed by atoms with E-state index in [9.17, 15) is 0 Å². The molecular weight excluding hydrogens is 234 g/mol. The third-order valence-electron chi connectivity index (χ3n) is 3.28. The van der Waals surface area contributed by atoms with Crippen molar-refractivity contribution >= 4 is 12.4 Å². The molecule has 0 atom stereocenters. The molecule has 1 aromatic rings. The van der Waals surface area contributed by atoms with Crippen LogP contribution < -0.4 is 10.5 Å². The van der Waals surface area contributed by atoms with Crippen LogP contribution in [0.1, 0.15) is 43.7 Å². The molecule has 0 heterocycles. The minimum atomic E-state index is -0.0371. The minimum absolute atomic E-state index is 0. The highest BCUT2D eigenvalue weighted by Crippen LogP contribution is 2.33. The van der Waals surface area contributed by atoms with Crippen molar-refractivity contribution in [3.05, 3.63) is 29.3 Å². The van der Waals surface area contributed by atoms with Gasteiger partial charge >= 0.3 is 0 Å². The highest BCUT2D eigenvalue weighted by atomic mass is 35.5. The van der Waals surface area contributed by atoms with Crippen LogP contribution in [-0.4, -0.2) is 12.1 Å². The first kappa shape index (κ1) is 14.3. The molecule has 96 valence electrons. The Labute approximate surface area is 110 Å². The van der Waals surface area contributed by atoms with E-state index in [1.165, 1.54) is 11.1 Å². The van der Waals surface area contributed by atoms with Crippen LogP contribution >= 0.6 is 12.4 Å². The summed E-state index contributed by atoms with van der Waals surface area (Å²) in [5, 5.41) is 0. The Morgan fingerprint density at radius 2 is 2.00 bits per heavy atom. The zero-order chi connectivity index (χ0) is 11.8. The molecule has 0 bridgehead atoms. The van der Waals surface area contributed by atoms with Crippen molar-refractivity contribution in [2.75, 3.05) is 6.61 Å². The summed E-state index contributed by atoms with van der Waals surface area (Å²) in [4.78, 5) is 0. The Hall–Kier alpha value is -0.730. The molecule has 2 nitrogen and oxygen atoms in total. The summed E-state index contributed by atoms with van der Waals surface area (Å²) < 4.78 is 5.72. The molecule has 0 unspecified atom stereocenters. The van der Waals surface area contributed by atoms with Crippen LogP contribution in [-0.2, 0) is 0 Å². The predicted molar refractivity (Wildman–Crippen MR) is 74.2 cm³/mol. The SMILES string of the molecule is Cc1cc(OCC2(N)CC2)ccc1C(C)C.Cl. The molecule has 0 amide bonds. The first-order valence-electron chi connectivity index (χ1n) is 6.02. The number of rotatable bonds is 4. The molecule has 0 spiro atoms. The van der Waals surface area contributed by atoms with E-state index < -0.39 is 0 Å². The van der Waals surface area contributed by atoms with Crippen LogP contribution in [0.5, 0.6) is 5.75 Å². The number of nitrogens with two attached hydrogens (primary N) is 1. The van der Waals surface area contributed by atoms with E-state index >= 15 is 0 Å². The van der Waals surface area contributed by atoms with E-state index in [1.54, 1.807) is 0 Å². The van der Waals surface area contributed by atoms with Crippen LogP contribution in [0.3, 0.4) is 0 Å². The number of benzene rings is 1. The van der Waals surface area contributed by atoms with Gasteiger partial charge in [0.05, 0.1) is 5.54 Å². The summed E-state index contributed by atoms with van der Waals surface area (Å²) in [5.41, 5.74) is 8.64. The highest BCUT2D eigenvalue weighted by molar-refractivity contribution is 5.85. The molecular formula is C14H22ClNO. The van der Waals surface area contributed by atoms with Gasteiger partial charge in [0.2, 0.25) is 0 Å². The largest absolute Gasteiger partial charge is 0.492 e. The van der Waals surface area contributed by atoms with Gasteiger partial charge in [-0.1, -0.05) is 19.9 Å². The molecule has 0 aliphatic heterocycles. The number of aryl methyl sites for hydroxylation is 1. The van der Waals surface area contributed by atoms with E-state index in [0.717, 1.165) is 18.6 Å². The van der Waals surface area contributed by atoms with Gasteiger partial charge in [0, 0.05) is 0 Å². The molecule has 2 rings (SSSR count). The van der Waals surface area contributed by atoms with E-state index in [0.29, 0.717) is 12.5 Å². The second-order valence-corrected chi connectivity index (χ2v) is 5.32. The van der Waals surface area contributed by atoms with Crippen molar-refractivity contribution in [3.63, 3.8) is 0 Å². The van der Waals surface area contributed by atoms with Crippen molar-refractivity contribution in [2.45, 2.75) is 45.1 Å². The molecule has 2 N–H and O–H groups in total. The lowest BCUT2D eigenvalue weighted by molar-refractivity contribution is 0.279. The van der Waals surface area contributed by atoms with Gasteiger partial charge in [0.1, 0.15) is 12.4 Å². The molecule has 1 aliphatic rings. The Kier molecular flexibility index (Phi) is 4.45. The first-order chi connectivity index (χ1) is 7.50. The Morgan fingerprint density at radius 1 is 1.35 bits per heavy atom. The Balaban J connectivity index is 0.00000144. The van der Waals surface area contributed by atoms with Crippen molar-refractivity contribution in [1.29, 1.82) is 0 Å².